The van der Waals surface area contributed by atoms with Crippen molar-refractivity contribution in [2.75, 3.05) is 40.9 Å². The quantitative estimate of drug-likeness (QED) is 0.0243. The molecule has 0 saturated heterocycles. The lowest BCUT2D eigenvalue weighted by Gasteiger charge is -2.25. The molecule has 9 heteroatoms. The minimum atomic E-state index is -4.35. The lowest BCUT2D eigenvalue weighted by Crippen LogP contribution is -2.45. The average Bonchev–Trinajstić information content (AvgIpc) is 3.28. The van der Waals surface area contributed by atoms with E-state index in [0.29, 0.717) is 17.4 Å². The van der Waals surface area contributed by atoms with E-state index in [0.717, 1.165) is 38.5 Å². The molecule has 390 valence electrons. The molecule has 0 aliphatic rings. The fourth-order valence-electron chi connectivity index (χ4n) is 8.35. The van der Waals surface area contributed by atoms with Crippen LogP contribution in [-0.2, 0) is 18.4 Å². The maximum Gasteiger partial charge on any atom is 0.472 e. The number of quaternary nitrogens is 1. The molecule has 0 saturated carbocycles. The highest BCUT2D eigenvalue weighted by Gasteiger charge is 2.27. The molecular weight excluding hydrogens is 840 g/mol. The molecule has 0 rings (SSSR count). The number of carbonyl (C=O) groups is 1. The maximum atomic E-state index is 13.0. The van der Waals surface area contributed by atoms with Crippen LogP contribution in [0, 0.1) is 0 Å². The topological polar surface area (TPSA) is 105 Å². The van der Waals surface area contributed by atoms with Gasteiger partial charge in [-0.05, 0) is 57.8 Å². The normalized spacial score (nSPS) is 14.2. The number of aliphatic hydroxyl groups excluding tert-OH is 1. The summed E-state index contributed by atoms with van der Waals surface area (Å²) in [6, 6.07) is -0.865. The molecule has 3 atom stereocenters. The third-order valence-corrected chi connectivity index (χ3v) is 13.8. The number of amides is 1. The van der Waals surface area contributed by atoms with Crippen LogP contribution in [0.1, 0.15) is 271 Å². The number of nitrogens with zero attached hydrogens (tertiary/aromatic N) is 1. The van der Waals surface area contributed by atoms with Gasteiger partial charge in [0, 0.05) is 6.42 Å². The third-order valence-electron chi connectivity index (χ3n) is 12.8. The third kappa shape index (κ3) is 50.6. The van der Waals surface area contributed by atoms with Crippen LogP contribution < -0.4 is 5.32 Å². The summed E-state index contributed by atoms with van der Waals surface area (Å²) in [5.41, 5.74) is 0. The van der Waals surface area contributed by atoms with Crippen LogP contribution in [0.15, 0.2) is 36.5 Å². The number of carbonyl (C=O) groups excluding carboxylic acids is 1. The van der Waals surface area contributed by atoms with Crippen molar-refractivity contribution in [1.82, 2.24) is 5.32 Å². The fraction of sp³-hybridized carbons (Fsp3) is 0.877. The van der Waals surface area contributed by atoms with E-state index in [1.807, 2.05) is 27.2 Å². The molecule has 3 N–H and O–H groups in total. The number of aliphatic hydroxyl groups is 1. The zero-order valence-corrected chi connectivity index (χ0v) is 45.3. The lowest BCUT2D eigenvalue weighted by atomic mass is 10.0. The standard InChI is InChI=1S/C57H111N2O6P/c1-6-8-10-12-14-16-18-20-22-24-26-28-29-31-32-34-36-38-40-42-44-46-48-50-56(60)55(54-65-66(62,63)64-53-52-59(3,4)5)58-57(61)51-49-47-45-43-41-39-37-35-33-30-27-25-23-21-19-17-15-13-11-9-7-2/h30,33,40,42,48,50,55-56,60H,6-29,31-32,34-39,41,43-47,49,51-54H2,1-5H3,(H-,58,61,62,63)/p+1/b33-30-,42-40+,50-48+. The summed E-state index contributed by atoms with van der Waals surface area (Å²) in [5, 5.41) is 13.9. The highest BCUT2D eigenvalue weighted by atomic mass is 31.2. The Morgan fingerprint density at radius 2 is 0.833 bits per heavy atom. The fourth-order valence-corrected chi connectivity index (χ4v) is 9.08. The molecule has 0 aromatic rings. The van der Waals surface area contributed by atoms with E-state index in [1.54, 1.807) is 6.08 Å². The zero-order chi connectivity index (χ0) is 48.5. The molecule has 8 nitrogen and oxygen atoms in total. The maximum absolute atomic E-state index is 13.0. The Kier molecular flexibility index (Phi) is 47.8. The van der Waals surface area contributed by atoms with Crippen molar-refractivity contribution in [3.05, 3.63) is 36.5 Å². The number of rotatable bonds is 52. The first-order valence-electron chi connectivity index (χ1n) is 28.4. The molecule has 1 amide bonds. The van der Waals surface area contributed by atoms with E-state index in [-0.39, 0.29) is 19.1 Å². The Labute approximate surface area is 410 Å². The number of likely N-dealkylation sites (N-methyl/N-ethyl adjacent to an activating group) is 1. The van der Waals surface area contributed by atoms with Gasteiger partial charge in [-0.25, -0.2) is 4.57 Å². The highest BCUT2D eigenvalue weighted by Crippen LogP contribution is 2.43. The van der Waals surface area contributed by atoms with Gasteiger partial charge in [0.2, 0.25) is 5.91 Å². The van der Waals surface area contributed by atoms with Crippen molar-refractivity contribution in [1.29, 1.82) is 0 Å². The van der Waals surface area contributed by atoms with Crippen molar-refractivity contribution >= 4 is 13.7 Å². The Bertz CT molecular complexity index is 1170. The summed E-state index contributed by atoms with van der Waals surface area (Å²) in [6.45, 7) is 4.82. The van der Waals surface area contributed by atoms with Gasteiger partial charge in [0.15, 0.2) is 0 Å². The Morgan fingerprint density at radius 3 is 1.21 bits per heavy atom. The Balaban J connectivity index is 4.28. The second-order valence-corrected chi connectivity index (χ2v) is 22.1. The number of unbranched alkanes of at least 4 members (excludes halogenated alkanes) is 35. The number of allylic oxidation sites excluding steroid dienone is 5. The van der Waals surface area contributed by atoms with Crippen molar-refractivity contribution in [3.8, 4) is 0 Å². The monoisotopic (exact) mass is 952 g/mol. The van der Waals surface area contributed by atoms with Crippen LogP contribution in [0.5, 0.6) is 0 Å². The molecule has 0 heterocycles. The molecule has 3 unspecified atom stereocenters. The summed E-state index contributed by atoms with van der Waals surface area (Å²) in [7, 11) is 1.56. The molecule has 0 bridgehead atoms. The van der Waals surface area contributed by atoms with Gasteiger partial charge in [0.1, 0.15) is 13.2 Å². The van der Waals surface area contributed by atoms with Gasteiger partial charge in [-0.15, -0.1) is 0 Å². The summed E-state index contributed by atoms with van der Waals surface area (Å²) >= 11 is 0. The van der Waals surface area contributed by atoms with E-state index in [9.17, 15) is 19.4 Å². The van der Waals surface area contributed by atoms with Crippen LogP contribution >= 0.6 is 7.82 Å². The van der Waals surface area contributed by atoms with Crippen LogP contribution in [0.2, 0.25) is 0 Å². The van der Waals surface area contributed by atoms with E-state index in [1.165, 1.54) is 212 Å². The number of nitrogens with one attached hydrogen (secondary N) is 1. The predicted octanol–water partition coefficient (Wildman–Crippen LogP) is 17.0. The van der Waals surface area contributed by atoms with Crippen LogP contribution in [-0.4, -0.2) is 73.4 Å². The molecule has 0 aromatic heterocycles. The predicted molar refractivity (Wildman–Crippen MR) is 286 cm³/mol. The number of hydrogen-bond acceptors (Lipinski definition) is 5. The van der Waals surface area contributed by atoms with Gasteiger partial charge in [0.05, 0.1) is 39.9 Å². The van der Waals surface area contributed by atoms with Crippen molar-refractivity contribution in [2.45, 2.75) is 283 Å². The van der Waals surface area contributed by atoms with Crippen molar-refractivity contribution in [3.63, 3.8) is 0 Å². The molecule has 66 heavy (non-hydrogen) atoms. The van der Waals surface area contributed by atoms with Crippen molar-refractivity contribution < 1.29 is 32.9 Å². The molecule has 0 spiro atoms. The number of phosphoric ester groups is 1. The van der Waals surface area contributed by atoms with Gasteiger partial charge in [-0.2, -0.15) is 0 Å². The first-order chi connectivity index (χ1) is 32.0. The molecule has 0 aliphatic carbocycles. The number of phosphoric acid groups is 1. The lowest BCUT2D eigenvalue weighted by molar-refractivity contribution is -0.870. The van der Waals surface area contributed by atoms with Gasteiger partial charge in [-0.1, -0.05) is 243 Å². The van der Waals surface area contributed by atoms with E-state index < -0.39 is 20.0 Å². The van der Waals surface area contributed by atoms with Gasteiger partial charge in [0.25, 0.3) is 0 Å². The van der Waals surface area contributed by atoms with Gasteiger partial charge < -0.3 is 19.8 Å². The second kappa shape index (κ2) is 48.7. The van der Waals surface area contributed by atoms with Crippen molar-refractivity contribution in [2.24, 2.45) is 0 Å². The SMILES string of the molecule is CCCCCCCCCCCC/C=C\CCCCCCCCCC(=O)NC(COP(=O)(O)OCC[N+](C)(C)C)C(O)/C=C/CC/C=C/CCCCCCCCCCCCCCCCCCC. The Morgan fingerprint density at radius 1 is 0.500 bits per heavy atom. The number of hydrogen-bond donors (Lipinski definition) is 3. The van der Waals surface area contributed by atoms with Gasteiger partial charge in [-0.3, -0.25) is 13.8 Å². The first kappa shape index (κ1) is 64.7. The molecular formula is C57H112N2O6P+. The zero-order valence-electron chi connectivity index (χ0n) is 44.4. The smallest absolute Gasteiger partial charge is 0.387 e. The average molecular weight is 953 g/mol. The second-order valence-electron chi connectivity index (χ2n) is 20.7. The first-order valence-corrected chi connectivity index (χ1v) is 29.9. The summed E-state index contributed by atoms with van der Waals surface area (Å²) in [6.07, 6.45) is 62.4. The highest BCUT2D eigenvalue weighted by molar-refractivity contribution is 7.47. The Hall–Kier alpha value is -1.28. The molecule has 0 aliphatic heterocycles. The summed E-state index contributed by atoms with van der Waals surface area (Å²) in [4.78, 5) is 23.3. The molecule has 0 aromatic carbocycles. The largest absolute Gasteiger partial charge is 0.472 e. The summed E-state index contributed by atoms with van der Waals surface area (Å²) < 4.78 is 23.7. The van der Waals surface area contributed by atoms with Crippen LogP contribution in [0.4, 0.5) is 0 Å². The van der Waals surface area contributed by atoms with E-state index in [2.05, 4.69) is 43.5 Å². The molecule has 0 radical (unpaired) electrons. The summed E-state index contributed by atoms with van der Waals surface area (Å²) in [5.74, 6) is -0.188. The minimum absolute atomic E-state index is 0.0559. The van der Waals surface area contributed by atoms with E-state index >= 15 is 0 Å². The minimum Gasteiger partial charge on any atom is -0.387 e. The van der Waals surface area contributed by atoms with Crippen LogP contribution in [0.3, 0.4) is 0 Å². The molecule has 0 fully saturated rings. The van der Waals surface area contributed by atoms with Gasteiger partial charge >= 0.3 is 7.82 Å². The van der Waals surface area contributed by atoms with E-state index in [4.69, 9.17) is 9.05 Å². The van der Waals surface area contributed by atoms with Crippen LogP contribution in [0.25, 0.3) is 0 Å².